The lowest BCUT2D eigenvalue weighted by atomic mass is 9.88. The van der Waals surface area contributed by atoms with Crippen LogP contribution in [0.15, 0.2) is 200 Å². The van der Waals surface area contributed by atoms with E-state index in [1.807, 2.05) is 37.3 Å². The summed E-state index contributed by atoms with van der Waals surface area (Å²) in [5.41, 5.74) is 9.87. The molecule has 282 valence electrons. The first-order valence-electron chi connectivity index (χ1n) is 19.7. The summed E-state index contributed by atoms with van der Waals surface area (Å²) in [4.78, 5) is 0. The fraction of sp³-hybridized carbons (Fsp3) is 0.0370. The van der Waals surface area contributed by atoms with Crippen molar-refractivity contribution >= 4 is 67.0 Å². The summed E-state index contributed by atoms with van der Waals surface area (Å²) in [6.45, 7) is 1.97. The van der Waals surface area contributed by atoms with Gasteiger partial charge in [-0.3, -0.25) is 0 Å². The van der Waals surface area contributed by atoms with E-state index >= 15 is 0 Å². The predicted octanol–water partition coefficient (Wildman–Crippen LogP) is 12.1. The summed E-state index contributed by atoms with van der Waals surface area (Å²) in [7, 11) is -2.89. The standard InChI is InChI=1S/C54H36F3NSi/c1-37-28-30-51-49(34-37)50-36-39(54(55,56)57)29-31-52(50)58(51)40-17-15-16-38(35-40)53-47-26-13-11-24-44(47)46(45-25-12-14-27-48(45)53)32-33-59(41-18-5-2-6-19-41,42-20-7-3-8-21-42)43-22-9-4-10-23-43/h2-31,34-36H,1H3. The quantitative estimate of drug-likeness (QED) is 0.0709. The summed E-state index contributed by atoms with van der Waals surface area (Å²) < 4.78 is 44.0. The Hall–Kier alpha value is -7.13. The molecule has 0 amide bonds. The topological polar surface area (TPSA) is 4.93 Å². The maximum absolute atomic E-state index is 14.0. The number of rotatable bonds is 5. The van der Waals surface area contributed by atoms with Gasteiger partial charge in [0, 0.05) is 22.0 Å². The van der Waals surface area contributed by atoms with Crippen LogP contribution in [0, 0.1) is 18.4 Å². The molecular formula is C54H36F3NSi. The Morgan fingerprint density at radius 3 is 1.49 bits per heavy atom. The van der Waals surface area contributed by atoms with E-state index in [-0.39, 0.29) is 0 Å². The van der Waals surface area contributed by atoms with Gasteiger partial charge in [-0.25, -0.2) is 0 Å². The highest BCUT2D eigenvalue weighted by molar-refractivity contribution is 7.16. The van der Waals surface area contributed by atoms with Crippen molar-refractivity contribution in [1.82, 2.24) is 4.57 Å². The zero-order valence-electron chi connectivity index (χ0n) is 32.1. The van der Waals surface area contributed by atoms with Crippen molar-refractivity contribution in [3.05, 3.63) is 217 Å². The minimum Gasteiger partial charge on any atom is -0.309 e. The predicted molar refractivity (Wildman–Crippen MR) is 242 cm³/mol. The minimum absolute atomic E-state index is 0.573. The maximum Gasteiger partial charge on any atom is 0.416 e. The number of aromatic nitrogens is 1. The van der Waals surface area contributed by atoms with E-state index < -0.39 is 19.8 Å². The van der Waals surface area contributed by atoms with Gasteiger partial charge in [-0.2, -0.15) is 13.2 Å². The number of alkyl halides is 3. The third-order valence-corrected chi connectivity index (χ3v) is 15.7. The molecule has 0 atom stereocenters. The molecular weight excluding hydrogens is 748 g/mol. The summed E-state index contributed by atoms with van der Waals surface area (Å²) in [6.07, 6.45) is -4.45. The molecule has 10 rings (SSSR count). The summed E-state index contributed by atoms with van der Waals surface area (Å²) in [5.74, 6) is 3.87. The summed E-state index contributed by atoms with van der Waals surface area (Å²) >= 11 is 0. The SMILES string of the molecule is Cc1ccc2c(c1)c1cc(C(F)(F)F)ccc1n2-c1cccc(-c2c3ccccc3c(C#C[Si](c3ccccc3)(c3ccccc3)c3ccccc3)c3ccccc23)c1. The van der Waals surface area contributed by atoms with Gasteiger partial charge < -0.3 is 4.57 Å². The van der Waals surface area contributed by atoms with Crippen LogP contribution in [0.4, 0.5) is 13.2 Å². The lowest BCUT2D eigenvalue weighted by Gasteiger charge is -2.28. The molecule has 1 nitrogen and oxygen atoms in total. The number of nitrogens with zero attached hydrogens (tertiary/aromatic N) is 1. The Morgan fingerprint density at radius 2 is 0.949 bits per heavy atom. The van der Waals surface area contributed by atoms with Crippen molar-refractivity contribution in [2.24, 2.45) is 0 Å². The normalized spacial score (nSPS) is 11.9. The van der Waals surface area contributed by atoms with E-state index in [1.165, 1.54) is 27.7 Å². The second-order valence-corrected chi connectivity index (χ2v) is 18.6. The van der Waals surface area contributed by atoms with Gasteiger partial charge in [-0.15, -0.1) is 5.54 Å². The molecule has 0 N–H and O–H groups in total. The molecule has 10 aromatic rings. The molecule has 1 aromatic heterocycles. The van der Waals surface area contributed by atoms with Crippen molar-refractivity contribution in [3.8, 4) is 28.3 Å². The van der Waals surface area contributed by atoms with Crippen LogP contribution in [0.5, 0.6) is 0 Å². The molecule has 0 fully saturated rings. The van der Waals surface area contributed by atoms with E-state index in [4.69, 9.17) is 0 Å². The van der Waals surface area contributed by atoms with Crippen molar-refractivity contribution in [2.75, 3.05) is 0 Å². The van der Waals surface area contributed by atoms with E-state index in [2.05, 4.69) is 168 Å². The first kappa shape index (κ1) is 36.2. The van der Waals surface area contributed by atoms with Crippen LogP contribution in [0.1, 0.15) is 16.7 Å². The number of halogens is 3. The van der Waals surface area contributed by atoms with Crippen molar-refractivity contribution in [1.29, 1.82) is 0 Å². The first-order valence-corrected chi connectivity index (χ1v) is 21.7. The zero-order chi connectivity index (χ0) is 40.1. The van der Waals surface area contributed by atoms with E-state index in [9.17, 15) is 13.2 Å². The molecule has 0 aliphatic heterocycles. The summed E-state index contributed by atoms with van der Waals surface area (Å²) in [5, 5.41) is 9.30. The highest BCUT2D eigenvalue weighted by Gasteiger charge is 2.38. The molecule has 0 unspecified atom stereocenters. The Balaban J connectivity index is 1.22. The third-order valence-electron chi connectivity index (χ3n) is 11.6. The van der Waals surface area contributed by atoms with Gasteiger partial charge in [0.05, 0.1) is 16.6 Å². The van der Waals surface area contributed by atoms with Gasteiger partial charge in [0.15, 0.2) is 0 Å². The number of aryl methyl sites for hydroxylation is 1. The van der Waals surface area contributed by atoms with Crippen molar-refractivity contribution < 1.29 is 13.2 Å². The second kappa shape index (κ2) is 14.4. The van der Waals surface area contributed by atoms with Crippen molar-refractivity contribution in [3.63, 3.8) is 0 Å². The van der Waals surface area contributed by atoms with Crippen molar-refractivity contribution in [2.45, 2.75) is 13.1 Å². The number of fused-ring (bicyclic) bond motifs is 5. The second-order valence-electron chi connectivity index (χ2n) is 15.1. The van der Waals surface area contributed by atoms with Crippen LogP contribution in [-0.4, -0.2) is 12.6 Å². The monoisotopic (exact) mass is 783 g/mol. The molecule has 0 radical (unpaired) electrons. The summed E-state index contributed by atoms with van der Waals surface area (Å²) in [6, 6.07) is 67.6. The first-order chi connectivity index (χ1) is 28.8. The van der Waals surface area contributed by atoms with E-state index in [0.29, 0.717) is 5.39 Å². The van der Waals surface area contributed by atoms with Crippen LogP contribution in [-0.2, 0) is 6.18 Å². The number of benzene rings is 9. The smallest absolute Gasteiger partial charge is 0.309 e. The fourth-order valence-electron chi connectivity index (χ4n) is 8.90. The molecule has 0 aliphatic carbocycles. The van der Waals surface area contributed by atoms with Gasteiger partial charge >= 0.3 is 6.18 Å². The Bertz CT molecular complexity index is 3110. The van der Waals surface area contributed by atoms with Crippen LogP contribution in [0.2, 0.25) is 0 Å². The molecule has 0 saturated carbocycles. The van der Waals surface area contributed by atoms with Crippen LogP contribution < -0.4 is 15.6 Å². The third kappa shape index (κ3) is 6.12. The maximum atomic E-state index is 14.0. The minimum atomic E-state index is -4.45. The molecule has 0 saturated heterocycles. The molecule has 0 bridgehead atoms. The Kier molecular flexibility index (Phi) is 8.81. The molecule has 59 heavy (non-hydrogen) atoms. The number of hydrogen-bond acceptors (Lipinski definition) is 0. The van der Waals surface area contributed by atoms with Gasteiger partial charge in [0.1, 0.15) is 0 Å². The van der Waals surface area contributed by atoms with Gasteiger partial charge in [0.2, 0.25) is 8.07 Å². The average Bonchev–Trinajstić information content (AvgIpc) is 3.60. The van der Waals surface area contributed by atoms with E-state index in [1.54, 1.807) is 6.07 Å². The van der Waals surface area contributed by atoms with Gasteiger partial charge in [-0.05, 0) is 97.6 Å². The fourth-order valence-corrected chi connectivity index (χ4v) is 12.7. The average molecular weight is 784 g/mol. The molecule has 5 heteroatoms. The van der Waals surface area contributed by atoms with Crippen LogP contribution in [0.3, 0.4) is 0 Å². The molecule has 9 aromatic carbocycles. The van der Waals surface area contributed by atoms with Gasteiger partial charge in [-0.1, -0.05) is 169 Å². The molecule has 0 aliphatic rings. The number of hydrogen-bond donors (Lipinski definition) is 0. The lowest BCUT2D eigenvalue weighted by molar-refractivity contribution is -0.137. The van der Waals surface area contributed by atoms with E-state index in [0.717, 1.165) is 65.9 Å². The highest BCUT2D eigenvalue weighted by atomic mass is 28.3. The lowest BCUT2D eigenvalue weighted by Crippen LogP contribution is -2.66. The Morgan fingerprint density at radius 1 is 0.458 bits per heavy atom. The largest absolute Gasteiger partial charge is 0.416 e. The molecule has 1 heterocycles. The zero-order valence-corrected chi connectivity index (χ0v) is 33.1. The van der Waals surface area contributed by atoms with Gasteiger partial charge in [0.25, 0.3) is 0 Å². The molecule has 0 spiro atoms. The van der Waals surface area contributed by atoms with Crippen LogP contribution >= 0.6 is 0 Å². The van der Waals surface area contributed by atoms with Crippen LogP contribution in [0.25, 0.3) is 60.2 Å². The highest BCUT2D eigenvalue weighted by Crippen LogP contribution is 2.42. The Labute approximate surface area is 341 Å².